The van der Waals surface area contributed by atoms with Gasteiger partial charge in [-0.15, -0.1) is 11.3 Å². The highest BCUT2D eigenvalue weighted by atomic mass is 32.1. The molecule has 0 saturated heterocycles. The largest absolute Gasteiger partial charge is 0.345 e. The van der Waals surface area contributed by atoms with Gasteiger partial charge in [0.25, 0.3) is 0 Å². The second-order valence-electron chi connectivity index (χ2n) is 3.50. The van der Waals surface area contributed by atoms with Gasteiger partial charge in [-0.2, -0.15) is 0 Å². The lowest BCUT2D eigenvalue weighted by Gasteiger charge is -2.14. The van der Waals surface area contributed by atoms with Crippen LogP contribution < -0.4 is 5.32 Å². The van der Waals surface area contributed by atoms with E-state index in [-0.39, 0.29) is 6.04 Å². The van der Waals surface area contributed by atoms with Crippen LogP contribution in [0.3, 0.4) is 0 Å². The summed E-state index contributed by atoms with van der Waals surface area (Å²) < 4.78 is 0. The van der Waals surface area contributed by atoms with Crippen LogP contribution in [0.15, 0.2) is 23.8 Å². The Morgan fingerprint density at radius 1 is 1.38 bits per heavy atom. The van der Waals surface area contributed by atoms with Crippen LogP contribution in [0.25, 0.3) is 0 Å². The van der Waals surface area contributed by atoms with Gasteiger partial charge in [-0.1, -0.05) is 6.92 Å². The fourth-order valence-electron chi connectivity index (χ4n) is 1.42. The van der Waals surface area contributed by atoms with Crippen molar-refractivity contribution in [3.63, 3.8) is 0 Å². The summed E-state index contributed by atoms with van der Waals surface area (Å²) in [5, 5.41) is 6.36. The number of hydrogen-bond acceptors (Lipinski definition) is 5. The molecule has 0 radical (unpaired) electrons. The second kappa shape index (κ2) is 5.03. The lowest BCUT2D eigenvalue weighted by molar-refractivity contribution is 0.730. The van der Waals surface area contributed by atoms with Gasteiger partial charge in [0.1, 0.15) is 5.01 Å². The third-order valence-corrected chi connectivity index (χ3v) is 3.15. The number of rotatable bonds is 4. The van der Waals surface area contributed by atoms with Crippen molar-refractivity contribution in [2.45, 2.75) is 26.3 Å². The molecule has 0 aliphatic rings. The van der Waals surface area contributed by atoms with E-state index >= 15 is 0 Å². The first-order chi connectivity index (χ1) is 7.79. The molecule has 2 heterocycles. The number of thiazole rings is 1. The van der Waals surface area contributed by atoms with E-state index < -0.39 is 0 Å². The summed E-state index contributed by atoms with van der Waals surface area (Å²) in [6.07, 6.45) is 4.55. The molecule has 0 bridgehead atoms. The smallest absolute Gasteiger partial charge is 0.223 e. The van der Waals surface area contributed by atoms with Gasteiger partial charge in [0.2, 0.25) is 5.95 Å². The Morgan fingerprint density at radius 2 is 2.25 bits per heavy atom. The van der Waals surface area contributed by atoms with E-state index in [0.29, 0.717) is 5.95 Å². The standard InChI is InChI=1S/C11H14N4S/c1-3-9(10-12-6-7-16-10)15-11-13-5-4-8(2)14-11/h4-7,9H,3H2,1-2H3,(H,13,14,15). The van der Waals surface area contributed by atoms with Crippen molar-refractivity contribution in [3.8, 4) is 0 Å². The molecule has 0 fully saturated rings. The molecule has 1 unspecified atom stereocenters. The van der Waals surface area contributed by atoms with Gasteiger partial charge in [-0.3, -0.25) is 0 Å². The maximum Gasteiger partial charge on any atom is 0.223 e. The summed E-state index contributed by atoms with van der Waals surface area (Å²) in [6.45, 7) is 4.08. The van der Waals surface area contributed by atoms with Crippen molar-refractivity contribution in [2.24, 2.45) is 0 Å². The van der Waals surface area contributed by atoms with Gasteiger partial charge in [-0.25, -0.2) is 15.0 Å². The van der Waals surface area contributed by atoms with Gasteiger partial charge in [-0.05, 0) is 19.4 Å². The van der Waals surface area contributed by atoms with Crippen LogP contribution in [0.2, 0.25) is 0 Å². The second-order valence-corrected chi connectivity index (χ2v) is 4.42. The lowest BCUT2D eigenvalue weighted by atomic mass is 10.2. The number of anilines is 1. The highest BCUT2D eigenvalue weighted by Gasteiger charge is 2.12. The predicted molar refractivity (Wildman–Crippen MR) is 65.5 cm³/mol. The first kappa shape index (κ1) is 11.0. The van der Waals surface area contributed by atoms with E-state index in [1.807, 2.05) is 24.6 Å². The first-order valence-corrected chi connectivity index (χ1v) is 6.13. The third kappa shape index (κ3) is 2.55. The number of nitrogens with zero attached hydrogens (tertiary/aromatic N) is 3. The summed E-state index contributed by atoms with van der Waals surface area (Å²) >= 11 is 1.65. The molecule has 84 valence electrons. The van der Waals surface area contributed by atoms with Gasteiger partial charge in [0.05, 0.1) is 6.04 Å². The van der Waals surface area contributed by atoms with Gasteiger partial charge in [0, 0.05) is 23.5 Å². The molecule has 2 rings (SSSR count). The monoisotopic (exact) mass is 234 g/mol. The number of nitrogens with one attached hydrogen (secondary N) is 1. The minimum absolute atomic E-state index is 0.196. The molecule has 0 saturated carbocycles. The van der Waals surface area contributed by atoms with E-state index in [9.17, 15) is 0 Å². The molecule has 0 aliphatic carbocycles. The Kier molecular flexibility index (Phi) is 3.46. The predicted octanol–water partition coefficient (Wildman–Crippen LogP) is 2.80. The Balaban J connectivity index is 2.13. The van der Waals surface area contributed by atoms with Crippen LogP contribution in [-0.4, -0.2) is 15.0 Å². The van der Waals surface area contributed by atoms with Crippen LogP contribution in [0.1, 0.15) is 30.1 Å². The topological polar surface area (TPSA) is 50.7 Å². The Bertz CT molecular complexity index is 441. The average molecular weight is 234 g/mol. The van der Waals surface area contributed by atoms with Crippen molar-refractivity contribution in [3.05, 3.63) is 34.5 Å². The van der Waals surface area contributed by atoms with Crippen LogP contribution >= 0.6 is 11.3 Å². The molecule has 0 aromatic carbocycles. The molecule has 1 N–H and O–H groups in total. The van der Waals surface area contributed by atoms with E-state index in [2.05, 4.69) is 27.2 Å². The Morgan fingerprint density at radius 3 is 2.88 bits per heavy atom. The SMILES string of the molecule is CCC(Nc1nccc(C)n1)c1nccs1. The van der Waals surface area contributed by atoms with Gasteiger partial charge < -0.3 is 5.32 Å². The molecular weight excluding hydrogens is 220 g/mol. The van der Waals surface area contributed by atoms with Crippen molar-refractivity contribution in [2.75, 3.05) is 5.32 Å². The minimum atomic E-state index is 0.196. The van der Waals surface area contributed by atoms with Crippen LogP contribution in [0.4, 0.5) is 5.95 Å². The Labute approximate surface area is 98.8 Å². The zero-order valence-electron chi connectivity index (χ0n) is 9.34. The first-order valence-electron chi connectivity index (χ1n) is 5.25. The van der Waals surface area contributed by atoms with E-state index in [1.165, 1.54) is 0 Å². The van der Waals surface area contributed by atoms with Gasteiger partial charge in [0.15, 0.2) is 0 Å². The lowest BCUT2D eigenvalue weighted by Crippen LogP contribution is -2.11. The summed E-state index contributed by atoms with van der Waals surface area (Å²) in [6, 6.07) is 2.08. The van der Waals surface area contributed by atoms with Crippen LogP contribution in [-0.2, 0) is 0 Å². The summed E-state index contributed by atoms with van der Waals surface area (Å²) in [7, 11) is 0. The number of aromatic nitrogens is 3. The molecule has 2 aromatic heterocycles. The van der Waals surface area contributed by atoms with Crippen LogP contribution in [0.5, 0.6) is 0 Å². The highest BCUT2D eigenvalue weighted by Crippen LogP contribution is 2.22. The maximum atomic E-state index is 4.33. The minimum Gasteiger partial charge on any atom is -0.345 e. The fourth-order valence-corrected chi connectivity index (χ4v) is 2.19. The molecule has 2 aromatic rings. The fraction of sp³-hybridized carbons (Fsp3) is 0.364. The summed E-state index contributed by atoms with van der Waals surface area (Å²) in [5.74, 6) is 0.669. The quantitative estimate of drug-likeness (QED) is 0.883. The van der Waals surface area contributed by atoms with E-state index in [0.717, 1.165) is 17.1 Å². The normalized spacial score (nSPS) is 12.4. The van der Waals surface area contributed by atoms with Crippen molar-refractivity contribution in [1.29, 1.82) is 0 Å². The average Bonchev–Trinajstić information content (AvgIpc) is 2.79. The molecule has 0 spiro atoms. The zero-order valence-corrected chi connectivity index (χ0v) is 10.2. The van der Waals surface area contributed by atoms with Crippen molar-refractivity contribution in [1.82, 2.24) is 15.0 Å². The highest BCUT2D eigenvalue weighted by molar-refractivity contribution is 7.09. The molecular formula is C11H14N4S. The van der Waals surface area contributed by atoms with Crippen LogP contribution in [0, 0.1) is 6.92 Å². The summed E-state index contributed by atoms with van der Waals surface area (Å²) in [5.41, 5.74) is 0.964. The molecule has 1 atom stereocenters. The zero-order chi connectivity index (χ0) is 11.4. The van der Waals surface area contributed by atoms with Crippen molar-refractivity contribution < 1.29 is 0 Å². The van der Waals surface area contributed by atoms with Crippen molar-refractivity contribution >= 4 is 17.3 Å². The maximum absolute atomic E-state index is 4.33. The molecule has 4 nitrogen and oxygen atoms in total. The number of hydrogen-bond donors (Lipinski definition) is 1. The number of aryl methyl sites for hydroxylation is 1. The summed E-state index contributed by atoms with van der Waals surface area (Å²) in [4.78, 5) is 12.8. The molecule has 16 heavy (non-hydrogen) atoms. The molecule has 0 amide bonds. The molecule has 5 heteroatoms. The molecule has 0 aliphatic heterocycles. The third-order valence-electron chi connectivity index (χ3n) is 2.26. The van der Waals surface area contributed by atoms with Gasteiger partial charge >= 0.3 is 0 Å². The Hall–Kier alpha value is -1.49. The van der Waals surface area contributed by atoms with E-state index in [1.54, 1.807) is 17.5 Å². The van der Waals surface area contributed by atoms with E-state index in [4.69, 9.17) is 0 Å².